The van der Waals surface area contributed by atoms with Crippen molar-refractivity contribution < 1.29 is 0 Å². The number of benzene rings is 11. The highest BCUT2D eigenvalue weighted by molar-refractivity contribution is 6.12. The first-order valence-corrected chi connectivity index (χ1v) is 27.6. The molecule has 0 unspecified atom stereocenters. The lowest BCUT2D eigenvalue weighted by Gasteiger charge is -2.47. The predicted molar refractivity (Wildman–Crippen MR) is 326 cm³/mol. The van der Waals surface area contributed by atoms with Gasteiger partial charge in [0, 0.05) is 38.8 Å². The number of imidazole rings is 1. The minimum atomic E-state index is -0.854. The van der Waals surface area contributed by atoms with E-state index in [9.17, 15) is 0 Å². The van der Waals surface area contributed by atoms with Crippen molar-refractivity contribution in [3.8, 4) is 28.2 Å². The second-order valence-corrected chi connectivity index (χ2v) is 21.3. The Morgan fingerprint density at radius 2 is 0.975 bits per heavy atom. The number of hydrogen-bond acceptors (Lipinski definition) is 2. The molecule has 0 N–H and O–H groups in total. The van der Waals surface area contributed by atoms with Crippen molar-refractivity contribution in [3.05, 3.63) is 336 Å². The van der Waals surface area contributed by atoms with Crippen LogP contribution in [0.3, 0.4) is 0 Å². The largest absolute Gasteiger partial charge is 0.322 e. The van der Waals surface area contributed by atoms with Crippen LogP contribution in [-0.2, 0) is 11.0 Å². The van der Waals surface area contributed by atoms with Crippen LogP contribution in [0.2, 0.25) is 0 Å². The maximum Gasteiger partial charge on any atom is 0.145 e. The fourth-order valence-corrected chi connectivity index (χ4v) is 14.0. The summed E-state index contributed by atoms with van der Waals surface area (Å²) < 4.78 is 5.00. The molecule has 0 amide bonds. The first-order valence-electron chi connectivity index (χ1n) is 27.6. The van der Waals surface area contributed by atoms with E-state index in [0.29, 0.717) is 0 Å². The van der Waals surface area contributed by atoms with Gasteiger partial charge >= 0.3 is 0 Å². The molecule has 1 aliphatic heterocycles. The van der Waals surface area contributed by atoms with Crippen LogP contribution in [0.25, 0.3) is 66.6 Å². The van der Waals surface area contributed by atoms with Crippen molar-refractivity contribution in [1.29, 1.82) is 0 Å². The normalized spacial score (nSPS) is 14.7. The Bertz CT molecular complexity index is 4490. The molecule has 4 heteroatoms. The smallest absolute Gasteiger partial charge is 0.145 e. The summed E-state index contributed by atoms with van der Waals surface area (Å²) in [6, 6.07) is 102. The quantitative estimate of drug-likeness (QED) is 0.152. The molecule has 0 bridgehead atoms. The number of rotatable bonds is 8. The summed E-state index contributed by atoms with van der Waals surface area (Å²) >= 11 is 0. The monoisotopic (exact) mass is 1010 g/mol. The molecule has 0 spiro atoms. The third-order valence-electron chi connectivity index (χ3n) is 17.3. The van der Waals surface area contributed by atoms with Crippen LogP contribution in [0, 0.1) is 0 Å². The minimum absolute atomic E-state index is 0.545. The van der Waals surface area contributed by atoms with Crippen LogP contribution in [0.5, 0.6) is 0 Å². The molecule has 2 aromatic heterocycles. The van der Waals surface area contributed by atoms with Crippen molar-refractivity contribution in [3.63, 3.8) is 0 Å². The molecular weight excluding hydrogens is 957 g/mol. The summed E-state index contributed by atoms with van der Waals surface area (Å²) in [7, 11) is 0. The average Bonchev–Trinajstić information content (AvgIpc) is 4.22. The fraction of sp³-hybridized carbons (Fsp3) is 0.0533. The van der Waals surface area contributed by atoms with Gasteiger partial charge < -0.3 is 9.47 Å². The van der Waals surface area contributed by atoms with Crippen LogP contribution < -0.4 is 4.90 Å². The maximum absolute atomic E-state index is 5.25. The van der Waals surface area contributed by atoms with Crippen LogP contribution in [0.1, 0.15) is 57.3 Å². The summed E-state index contributed by atoms with van der Waals surface area (Å²) in [4.78, 5) is 7.74. The highest BCUT2D eigenvalue weighted by atomic mass is 15.2. The van der Waals surface area contributed by atoms with Gasteiger partial charge in [0.1, 0.15) is 11.4 Å². The molecule has 2 aliphatic carbocycles. The second-order valence-electron chi connectivity index (χ2n) is 21.3. The molecule has 13 aromatic rings. The van der Waals surface area contributed by atoms with E-state index >= 15 is 0 Å². The molecule has 0 radical (unpaired) electrons. The molecule has 0 saturated carbocycles. The van der Waals surface area contributed by atoms with Crippen molar-refractivity contribution in [1.82, 2.24) is 14.1 Å². The molecule has 16 rings (SSSR count). The van der Waals surface area contributed by atoms with E-state index in [2.05, 4.69) is 305 Å². The number of fused-ring (bicyclic) bond motifs is 9. The minimum Gasteiger partial charge on any atom is -0.322 e. The zero-order valence-corrected chi connectivity index (χ0v) is 43.4. The summed E-state index contributed by atoms with van der Waals surface area (Å²) in [5.41, 5.74) is 22.3. The van der Waals surface area contributed by atoms with Crippen molar-refractivity contribution in [2.24, 2.45) is 0 Å². The van der Waals surface area contributed by atoms with Gasteiger partial charge in [-0.3, -0.25) is 4.57 Å². The number of nitrogens with zero attached hydrogens (tertiary/aromatic N) is 4. The maximum atomic E-state index is 5.25. The lowest BCUT2D eigenvalue weighted by Crippen LogP contribution is -2.42. The van der Waals surface area contributed by atoms with E-state index in [4.69, 9.17) is 4.98 Å². The van der Waals surface area contributed by atoms with E-state index in [0.717, 1.165) is 58.0 Å². The van der Waals surface area contributed by atoms with Gasteiger partial charge in [0.15, 0.2) is 0 Å². The Morgan fingerprint density at radius 1 is 0.392 bits per heavy atom. The van der Waals surface area contributed by atoms with Crippen LogP contribution >= 0.6 is 0 Å². The fourth-order valence-electron chi connectivity index (χ4n) is 14.0. The molecule has 79 heavy (non-hydrogen) atoms. The standard InChI is InChI=1S/C75H52N4/c1-5-23-51(24-6-1)52-41-45-56(46-42-52)75(79-68-37-19-14-32-60(68)62-49-66-61(50-72(62)79)59-31-13-15-33-63(59)74(66,54-25-7-2-8-26-54)55-27-9-3-10-28-55)64-34-16-20-38-69(64)77(70-39-21-17-35-65(70)75)58-47-43-53(44-48-58)73-76-67-36-18-22-40-71(67)78(73)57-29-11-4-12-30-57/h1-5,7-23,25-50H,6,24H2. The second kappa shape index (κ2) is 17.8. The first kappa shape index (κ1) is 45.2. The lowest BCUT2D eigenvalue weighted by atomic mass is 9.67. The van der Waals surface area contributed by atoms with Gasteiger partial charge in [0.25, 0.3) is 0 Å². The number of aromatic nitrogens is 3. The zero-order valence-electron chi connectivity index (χ0n) is 43.4. The highest BCUT2D eigenvalue weighted by Crippen LogP contribution is 2.61. The SMILES string of the molecule is C1=CCCC(c2ccc(C3(n4c5ccccc5c5cc6c(cc54)-c4ccccc4C6(c4ccccc4)c4ccccc4)c4ccccc4N(c4ccc(-c5nc6ccccc6n5-c5ccccc5)cc4)c4ccccc43)cc2)=C1. The van der Waals surface area contributed by atoms with E-state index in [1.54, 1.807) is 0 Å². The van der Waals surface area contributed by atoms with Gasteiger partial charge in [-0.2, -0.15) is 0 Å². The van der Waals surface area contributed by atoms with Gasteiger partial charge in [0.05, 0.1) is 38.9 Å². The number of anilines is 3. The van der Waals surface area contributed by atoms with Gasteiger partial charge in [-0.25, -0.2) is 4.98 Å². The average molecular weight is 1010 g/mol. The Balaban J connectivity index is 0.967. The topological polar surface area (TPSA) is 26.0 Å². The summed E-state index contributed by atoms with van der Waals surface area (Å²) in [6.45, 7) is 0. The molecular formula is C75H52N4. The molecule has 3 aliphatic rings. The van der Waals surface area contributed by atoms with E-state index in [1.165, 1.54) is 83.0 Å². The summed E-state index contributed by atoms with van der Waals surface area (Å²) in [5.74, 6) is 0.908. The van der Waals surface area contributed by atoms with Crippen molar-refractivity contribution >= 4 is 55.5 Å². The summed E-state index contributed by atoms with van der Waals surface area (Å²) in [6.07, 6.45) is 8.84. The van der Waals surface area contributed by atoms with E-state index in [1.807, 2.05) is 0 Å². The molecule has 0 saturated heterocycles. The Hall–Kier alpha value is -10.0. The number of hydrogen-bond donors (Lipinski definition) is 0. The molecule has 372 valence electrons. The van der Waals surface area contributed by atoms with Gasteiger partial charge in [0.2, 0.25) is 0 Å². The summed E-state index contributed by atoms with van der Waals surface area (Å²) in [5, 5.41) is 2.44. The van der Waals surface area contributed by atoms with Crippen molar-refractivity contribution in [2.45, 2.75) is 23.8 Å². The highest BCUT2D eigenvalue weighted by Gasteiger charge is 2.50. The Morgan fingerprint density at radius 3 is 1.66 bits per heavy atom. The van der Waals surface area contributed by atoms with Gasteiger partial charge in [-0.1, -0.05) is 212 Å². The molecule has 11 aromatic carbocycles. The third kappa shape index (κ3) is 6.52. The van der Waals surface area contributed by atoms with E-state index < -0.39 is 11.0 Å². The molecule has 0 atom stereocenters. The van der Waals surface area contributed by atoms with Crippen LogP contribution in [0.15, 0.2) is 291 Å². The van der Waals surface area contributed by atoms with Crippen LogP contribution in [-0.4, -0.2) is 14.1 Å². The van der Waals surface area contributed by atoms with Crippen molar-refractivity contribution in [2.75, 3.05) is 4.90 Å². The lowest BCUT2D eigenvalue weighted by molar-refractivity contribution is 0.544. The molecule has 3 heterocycles. The zero-order chi connectivity index (χ0) is 52.1. The number of allylic oxidation sites excluding steroid dienone is 4. The van der Waals surface area contributed by atoms with Gasteiger partial charge in [-0.15, -0.1) is 0 Å². The Labute approximate surface area is 459 Å². The third-order valence-corrected chi connectivity index (χ3v) is 17.3. The van der Waals surface area contributed by atoms with Crippen LogP contribution in [0.4, 0.5) is 17.1 Å². The molecule has 4 nitrogen and oxygen atoms in total. The molecule has 0 fully saturated rings. The first-order chi connectivity index (χ1) is 39.2. The number of para-hydroxylation sites is 6. The Kier molecular flexibility index (Phi) is 10.2. The van der Waals surface area contributed by atoms with Gasteiger partial charge in [-0.05, 0) is 142 Å². The predicted octanol–water partition coefficient (Wildman–Crippen LogP) is 18.5. The van der Waals surface area contributed by atoms with E-state index in [-0.39, 0.29) is 0 Å².